The van der Waals surface area contributed by atoms with Gasteiger partial charge in [0.1, 0.15) is 6.61 Å². The van der Waals surface area contributed by atoms with Crippen LogP contribution in [0.4, 0.5) is 0 Å². The lowest BCUT2D eigenvalue weighted by Crippen LogP contribution is -1.97. The Morgan fingerprint density at radius 2 is 1.77 bits per heavy atom. The summed E-state index contributed by atoms with van der Waals surface area (Å²) in [5.41, 5.74) is 2.44. The predicted molar refractivity (Wildman–Crippen MR) is 54.0 cm³/mol. The lowest BCUT2D eigenvalue weighted by molar-refractivity contribution is 0.287. The smallest absolute Gasteiger partial charge is 0.177 e. The molecular weight excluding hydrogens is 162 g/mol. The van der Waals surface area contributed by atoms with E-state index in [1.165, 1.54) is 5.56 Å². The monoisotopic (exact) mass is 177 g/mol. The molecule has 0 fully saturated rings. The maximum atomic E-state index is 7.10. The van der Waals surface area contributed by atoms with Crippen molar-refractivity contribution in [1.82, 2.24) is 0 Å². The topological polar surface area (TPSA) is 33.1 Å². The molecule has 0 bridgehead atoms. The van der Waals surface area contributed by atoms with Crippen molar-refractivity contribution in [3.8, 4) is 0 Å². The first-order valence-electron chi connectivity index (χ1n) is 4.48. The highest BCUT2D eigenvalue weighted by Crippen LogP contribution is 2.06. The minimum atomic E-state index is 0.263. The number of nitrogens with one attached hydrogen (secondary N) is 1. The minimum Gasteiger partial charge on any atom is -0.477 e. The van der Waals surface area contributed by atoms with Crippen molar-refractivity contribution in [3.05, 3.63) is 35.4 Å². The highest BCUT2D eigenvalue weighted by molar-refractivity contribution is 5.69. The van der Waals surface area contributed by atoms with E-state index in [0.29, 0.717) is 6.61 Å². The van der Waals surface area contributed by atoms with Gasteiger partial charge in [-0.1, -0.05) is 31.2 Å². The van der Waals surface area contributed by atoms with E-state index < -0.39 is 0 Å². The van der Waals surface area contributed by atoms with Crippen LogP contribution in [0.3, 0.4) is 0 Å². The van der Waals surface area contributed by atoms with E-state index in [-0.39, 0.29) is 5.90 Å². The van der Waals surface area contributed by atoms with E-state index in [2.05, 4.69) is 19.1 Å². The second-order valence-electron chi connectivity index (χ2n) is 3.01. The molecule has 0 aliphatic rings. The molecule has 0 saturated heterocycles. The fraction of sp³-hybridized carbons (Fsp3) is 0.364. The molecule has 0 heterocycles. The SMILES string of the molecule is CCc1ccc(COC(C)=N)cc1. The third kappa shape index (κ3) is 3.28. The van der Waals surface area contributed by atoms with E-state index in [1.54, 1.807) is 6.92 Å². The van der Waals surface area contributed by atoms with Crippen LogP contribution in [-0.2, 0) is 17.8 Å². The fourth-order valence-corrected chi connectivity index (χ4v) is 1.06. The van der Waals surface area contributed by atoms with E-state index in [4.69, 9.17) is 10.1 Å². The number of aryl methyl sites for hydroxylation is 1. The number of benzene rings is 1. The lowest BCUT2D eigenvalue weighted by atomic mass is 10.1. The molecule has 0 aliphatic heterocycles. The molecule has 1 rings (SSSR count). The average Bonchev–Trinajstić information content (AvgIpc) is 2.15. The third-order valence-electron chi connectivity index (χ3n) is 1.89. The molecule has 0 spiro atoms. The summed E-state index contributed by atoms with van der Waals surface area (Å²) in [4.78, 5) is 0. The Bertz CT molecular complexity index is 277. The van der Waals surface area contributed by atoms with Gasteiger partial charge in [0.2, 0.25) is 0 Å². The zero-order valence-corrected chi connectivity index (χ0v) is 8.13. The van der Waals surface area contributed by atoms with Crippen molar-refractivity contribution in [2.75, 3.05) is 0 Å². The number of hydrogen-bond donors (Lipinski definition) is 1. The van der Waals surface area contributed by atoms with Crippen LogP contribution in [0.2, 0.25) is 0 Å². The Balaban J connectivity index is 2.54. The Morgan fingerprint density at radius 1 is 1.23 bits per heavy atom. The molecule has 1 aromatic rings. The summed E-state index contributed by atoms with van der Waals surface area (Å²) in [6.07, 6.45) is 1.06. The van der Waals surface area contributed by atoms with Crippen molar-refractivity contribution < 1.29 is 4.74 Å². The fourth-order valence-electron chi connectivity index (χ4n) is 1.06. The van der Waals surface area contributed by atoms with Gasteiger partial charge in [-0.15, -0.1) is 0 Å². The Morgan fingerprint density at radius 3 is 2.23 bits per heavy atom. The molecular formula is C11H15NO. The summed E-state index contributed by atoms with van der Waals surface area (Å²) in [6.45, 7) is 4.27. The predicted octanol–water partition coefficient (Wildman–Crippen LogP) is 2.76. The maximum absolute atomic E-state index is 7.10. The molecule has 13 heavy (non-hydrogen) atoms. The lowest BCUT2D eigenvalue weighted by Gasteiger charge is -2.04. The number of ether oxygens (including phenoxy) is 1. The van der Waals surface area contributed by atoms with Crippen LogP contribution >= 0.6 is 0 Å². The van der Waals surface area contributed by atoms with Gasteiger partial charge in [-0.2, -0.15) is 0 Å². The van der Waals surface area contributed by atoms with Crippen LogP contribution in [0, 0.1) is 5.41 Å². The van der Waals surface area contributed by atoms with Crippen LogP contribution in [-0.4, -0.2) is 5.90 Å². The third-order valence-corrected chi connectivity index (χ3v) is 1.89. The van der Waals surface area contributed by atoms with Gasteiger partial charge in [0.05, 0.1) is 0 Å². The van der Waals surface area contributed by atoms with Gasteiger partial charge in [0.25, 0.3) is 0 Å². The summed E-state index contributed by atoms with van der Waals surface area (Å²) in [5.74, 6) is 0.263. The highest BCUT2D eigenvalue weighted by Gasteiger charge is 1.94. The number of hydrogen-bond acceptors (Lipinski definition) is 2. The van der Waals surface area contributed by atoms with Gasteiger partial charge in [-0.05, 0) is 17.5 Å². The summed E-state index contributed by atoms with van der Waals surface area (Å²) in [6, 6.07) is 8.28. The molecule has 0 amide bonds. The molecule has 0 unspecified atom stereocenters. The normalized spacial score (nSPS) is 9.69. The van der Waals surface area contributed by atoms with Crippen LogP contribution < -0.4 is 0 Å². The molecule has 0 radical (unpaired) electrons. The van der Waals surface area contributed by atoms with Crippen molar-refractivity contribution in [1.29, 1.82) is 5.41 Å². The number of rotatable bonds is 3. The molecule has 0 aliphatic carbocycles. The molecule has 70 valence electrons. The van der Waals surface area contributed by atoms with Crippen molar-refractivity contribution in [2.45, 2.75) is 26.9 Å². The van der Waals surface area contributed by atoms with E-state index in [0.717, 1.165) is 12.0 Å². The van der Waals surface area contributed by atoms with Crippen molar-refractivity contribution >= 4 is 5.90 Å². The summed E-state index contributed by atoms with van der Waals surface area (Å²) in [7, 11) is 0. The molecule has 0 aromatic heterocycles. The first-order valence-corrected chi connectivity index (χ1v) is 4.48. The van der Waals surface area contributed by atoms with Gasteiger partial charge in [-0.3, -0.25) is 5.41 Å². The summed E-state index contributed by atoms with van der Waals surface area (Å²) in [5, 5.41) is 7.10. The standard InChI is InChI=1S/C11H15NO/c1-3-10-4-6-11(7-5-10)8-13-9(2)12/h4-7,12H,3,8H2,1-2H3. The van der Waals surface area contributed by atoms with Crippen LogP contribution in [0.1, 0.15) is 25.0 Å². The van der Waals surface area contributed by atoms with Gasteiger partial charge in [-0.25, -0.2) is 0 Å². The van der Waals surface area contributed by atoms with Crippen LogP contribution in [0.25, 0.3) is 0 Å². The maximum Gasteiger partial charge on any atom is 0.177 e. The first-order chi connectivity index (χ1) is 6.22. The second kappa shape index (κ2) is 4.65. The average molecular weight is 177 g/mol. The van der Waals surface area contributed by atoms with Crippen LogP contribution in [0.5, 0.6) is 0 Å². The van der Waals surface area contributed by atoms with E-state index in [1.807, 2.05) is 12.1 Å². The Hall–Kier alpha value is -1.31. The molecule has 2 heteroatoms. The quantitative estimate of drug-likeness (QED) is 0.559. The van der Waals surface area contributed by atoms with Gasteiger partial charge in [0.15, 0.2) is 5.90 Å². The van der Waals surface area contributed by atoms with Gasteiger partial charge in [0, 0.05) is 6.92 Å². The van der Waals surface area contributed by atoms with Crippen molar-refractivity contribution in [3.63, 3.8) is 0 Å². The zero-order chi connectivity index (χ0) is 9.68. The molecule has 0 saturated carbocycles. The first kappa shape index (κ1) is 9.78. The van der Waals surface area contributed by atoms with E-state index in [9.17, 15) is 0 Å². The van der Waals surface area contributed by atoms with Gasteiger partial charge >= 0.3 is 0 Å². The minimum absolute atomic E-state index is 0.263. The Labute approximate surface area is 79.1 Å². The summed E-state index contributed by atoms with van der Waals surface area (Å²) < 4.78 is 5.08. The van der Waals surface area contributed by atoms with Crippen molar-refractivity contribution in [2.24, 2.45) is 0 Å². The summed E-state index contributed by atoms with van der Waals surface area (Å²) >= 11 is 0. The van der Waals surface area contributed by atoms with Gasteiger partial charge < -0.3 is 4.74 Å². The Kier molecular flexibility index (Phi) is 3.50. The molecule has 1 aromatic carbocycles. The molecule has 0 atom stereocenters. The van der Waals surface area contributed by atoms with E-state index >= 15 is 0 Å². The molecule has 2 nitrogen and oxygen atoms in total. The van der Waals surface area contributed by atoms with Crippen LogP contribution in [0.15, 0.2) is 24.3 Å². The zero-order valence-electron chi connectivity index (χ0n) is 8.13. The molecule has 1 N–H and O–H groups in total. The highest BCUT2D eigenvalue weighted by atomic mass is 16.5. The largest absolute Gasteiger partial charge is 0.477 e. The second-order valence-corrected chi connectivity index (χ2v) is 3.01.